The first kappa shape index (κ1) is 16.1. The molecule has 0 aliphatic heterocycles. The number of benzene rings is 1. The fourth-order valence-corrected chi connectivity index (χ4v) is 1.54. The summed E-state index contributed by atoms with van der Waals surface area (Å²) < 4.78 is 11.0. The summed E-state index contributed by atoms with van der Waals surface area (Å²) in [6.07, 6.45) is 3.55. The maximum absolute atomic E-state index is 10.5. The summed E-state index contributed by atoms with van der Waals surface area (Å²) in [5, 5.41) is 8.63. The summed E-state index contributed by atoms with van der Waals surface area (Å²) in [5.41, 5.74) is 0.965. The van der Waals surface area contributed by atoms with Crippen LogP contribution >= 0.6 is 0 Å². The maximum Gasteiger partial charge on any atom is 0.328 e. The molecule has 0 bridgehead atoms. The average molecular weight is 278 g/mol. The van der Waals surface area contributed by atoms with Crippen molar-refractivity contribution in [2.45, 2.75) is 27.2 Å². The van der Waals surface area contributed by atoms with E-state index in [2.05, 4.69) is 20.8 Å². The largest absolute Gasteiger partial charge is 0.493 e. The number of methoxy groups -OCH3 is 1. The lowest BCUT2D eigenvalue weighted by Gasteiger charge is -2.19. The Bertz CT molecular complexity index is 484. The van der Waals surface area contributed by atoms with Crippen LogP contribution in [0.3, 0.4) is 0 Å². The quantitative estimate of drug-likeness (QED) is 0.808. The van der Waals surface area contributed by atoms with Gasteiger partial charge in [0.15, 0.2) is 11.5 Å². The van der Waals surface area contributed by atoms with Crippen molar-refractivity contribution in [3.05, 3.63) is 29.8 Å². The van der Waals surface area contributed by atoms with Crippen LogP contribution in [-0.4, -0.2) is 24.8 Å². The molecule has 1 N–H and O–H groups in total. The number of hydrogen-bond acceptors (Lipinski definition) is 3. The van der Waals surface area contributed by atoms with E-state index in [4.69, 9.17) is 14.6 Å². The van der Waals surface area contributed by atoms with Crippen molar-refractivity contribution in [1.82, 2.24) is 0 Å². The molecular weight excluding hydrogens is 256 g/mol. The highest BCUT2D eigenvalue weighted by Gasteiger charge is 2.11. The molecule has 20 heavy (non-hydrogen) atoms. The summed E-state index contributed by atoms with van der Waals surface area (Å²) >= 11 is 0. The molecule has 0 unspecified atom stereocenters. The summed E-state index contributed by atoms with van der Waals surface area (Å²) in [6, 6.07) is 5.34. The molecule has 0 heterocycles. The van der Waals surface area contributed by atoms with Gasteiger partial charge < -0.3 is 14.6 Å². The van der Waals surface area contributed by atoms with Crippen LogP contribution in [0.5, 0.6) is 11.5 Å². The van der Waals surface area contributed by atoms with Crippen molar-refractivity contribution >= 4 is 12.0 Å². The van der Waals surface area contributed by atoms with E-state index >= 15 is 0 Å². The van der Waals surface area contributed by atoms with Crippen molar-refractivity contribution < 1.29 is 19.4 Å². The van der Waals surface area contributed by atoms with Crippen LogP contribution in [-0.2, 0) is 4.79 Å². The first-order valence-corrected chi connectivity index (χ1v) is 6.54. The second-order valence-corrected chi connectivity index (χ2v) is 5.74. The Morgan fingerprint density at radius 2 is 2.00 bits per heavy atom. The lowest BCUT2D eigenvalue weighted by molar-refractivity contribution is -0.131. The van der Waals surface area contributed by atoms with Gasteiger partial charge in [-0.05, 0) is 35.6 Å². The lowest BCUT2D eigenvalue weighted by atomic mass is 9.93. The van der Waals surface area contributed by atoms with E-state index in [9.17, 15) is 4.79 Å². The molecule has 0 radical (unpaired) electrons. The molecule has 0 aliphatic carbocycles. The van der Waals surface area contributed by atoms with Gasteiger partial charge >= 0.3 is 5.97 Å². The highest BCUT2D eigenvalue weighted by atomic mass is 16.5. The minimum Gasteiger partial charge on any atom is -0.493 e. The molecule has 0 amide bonds. The summed E-state index contributed by atoms with van der Waals surface area (Å²) in [5.74, 6) is 0.298. The zero-order valence-electron chi connectivity index (χ0n) is 12.5. The first-order valence-electron chi connectivity index (χ1n) is 6.54. The molecule has 0 fully saturated rings. The van der Waals surface area contributed by atoms with Gasteiger partial charge in [-0.3, -0.25) is 0 Å². The summed E-state index contributed by atoms with van der Waals surface area (Å²) in [4.78, 5) is 10.5. The molecule has 0 aromatic heterocycles. The van der Waals surface area contributed by atoms with E-state index in [-0.39, 0.29) is 5.41 Å². The monoisotopic (exact) mass is 278 g/mol. The van der Waals surface area contributed by atoms with Crippen LogP contribution < -0.4 is 9.47 Å². The third kappa shape index (κ3) is 5.78. The van der Waals surface area contributed by atoms with Gasteiger partial charge in [-0.1, -0.05) is 26.8 Å². The number of carboxylic acid groups (broad SMARTS) is 1. The number of rotatable bonds is 6. The first-order chi connectivity index (χ1) is 9.31. The van der Waals surface area contributed by atoms with Crippen LogP contribution in [0.2, 0.25) is 0 Å². The number of carbonyl (C=O) groups is 1. The smallest absolute Gasteiger partial charge is 0.328 e. The highest BCUT2D eigenvalue weighted by molar-refractivity contribution is 5.85. The molecule has 0 spiro atoms. The predicted octanol–water partition coefficient (Wildman–Crippen LogP) is 3.61. The molecule has 0 saturated heterocycles. The van der Waals surface area contributed by atoms with E-state index < -0.39 is 5.97 Å². The zero-order chi connectivity index (χ0) is 15.2. The molecule has 1 aromatic carbocycles. The van der Waals surface area contributed by atoms with Gasteiger partial charge in [0, 0.05) is 6.08 Å². The average Bonchev–Trinajstić information content (AvgIpc) is 2.35. The van der Waals surface area contributed by atoms with Crippen LogP contribution in [0, 0.1) is 5.41 Å². The number of carboxylic acids is 1. The van der Waals surface area contributed by atoms with Gasteiger partial charge in [0.2, 0.25) is 0 Å². The Kier molecular flexibility index (Phi) is 5.62. The number of aliphatic carboxylic acids is 1. The molecule has 4 nitrogen and oxygen atoms in total. The Hall–Kier alpha value is -1.97. The van der Waals surface area contributed by atoms with Gasteiger partial charge in [-0.15, -0.1) is 0 Å². The molecule has 1 rings (SSSR count). The second-order valence-electron chi connectivity index (χ2n) is 5.74. The molecule has 0 atom stereocenters. The Balaban J connectivity index is 2.81. The van der Waals surface area contributed by atoms with Crippen LogP contribution in [0.15, 0.2) is 24.3 Å². The van der Waals surface area contributed by atoms with Gasteiger partial charge in [0.05, 0.1) is 13.7 Å². The second kappa shape index (κ2) is 6.98. The molecule has 1 aromatic rings. The third-order valence-electron chi connectivity index (χ3n) is 2.72. The van der Waals surface area contributed by atoms with Crippen molar-refractivity contribution in [3.63, 3.8) is 0 Å². The van der Waals surface area contributed by atoms with Gasteiger partial charge in [-0.2, -0.15) is 0 Å². The van der Waals surface area contributed by atoms with E-state index in [1.165, 1.54) is 6.08 Å². The van der Waals surface area contributed by atoms with E-state index in [1.54, 1.807) is 25.3 Å². The lowest BCUT2D eigenvalue weighted by Crippen LogP contribution is -2.11. The fraction of sp³-hybridized carbons (Fsp3) is 0.438. The summed E-state index contributed by atoms with van der Waals surface area (Å²) in [6.45, 7) is 7.05. The highest BCUT2D eigenvalue weighted by Crippen LogP contribution is 2.29. The van der Waals surface area contributed by atoms with Gasteiger partial charge in [0.25, 0.3) is 0 Å². The van der Waals surface area contributed by atoms with Gasteiger partial charge in [0.1, 0.15) is 0 Å². The fourth-order valence-electron chi connectivity index (χ4n) is 1.54. The molecule has 4 heteroatoms. The maximum atomic E-state index is 10.5. The Labute approximate surface area is 120 Å². The predicted molar refractivity (Wildman–Crippen MR) is 79.2 cm³/mol. The third-order valence-corrected chi connectivity index (χ3v) is 2.72. The molecular formula is C16H22O4. The summed E-state index contributed by atoms with van der Waals surface area (Å²) in [7, 11) is 1.58. The number of hydrogen-bond donors (Lipinski definition) is 1. The topological polar surface area (TPSA) is 55.8 Å². The van der Waals surface area contributed by atoms with E-state index in [0.29, 0.717) is 18.1 Å². The normalized spacial score (nSPS) is 11.6. The van der Waals surface area contributed by atoms with Crippen molar-refractivity contribution in [3.8, 4) is 11.5 Å². The van der Waals surface area contributed by atoms with E-state index in [0.717, 1.165) is 18.1 Å². The minimum absolute atomic E-state index is 0.202. The van der Waals surface area contributed by atoms with Crippen LogP contribution in [0.4, 0.5) is 0 Å². The Morgan fingerprint density at radius 1 is 1.30 bits per heavy atom. The Morgan fingerprint density at radius 3 is 2.55 bits per heavy atom. The van der Waals surface area contributed by atoms with Crippen LogP contribution in [0.1, 0.15) is 32.8 Å². The zero-order valence-corrected chi connectivity index (χ0v) is 12.5. The van der Waals surface area contributed by atoms with E-state index in [1.807, 2.05) is 0 Å². The molecule has 0 saturated carbocycles. The van der Waals surface area contributed by atoms with Crippen molar-refractivity contribution in [1.29, 1.82) is 0 Å². The minimum atomic E-state index is -0.976. The molecule has 0 aliphatic rings. The van der Waals surface area contributed by atoms with Crippen molar-refractivity contribution in [2.75, 3.05) is 13.7 Å². The SMILES string of the molecule is COc1ccc(C=CC(=O)O)cc1OCCC(C)(C)C. The van der Waals surface area contributed by atoms with Gasteiger partial charge in [-0.25, -0.2) is 4.79 Å². The standard InChI is InChI=1S/C16H22O4/c1-16(2,3)9-10-20-14-11-12(6-8-15(17)18)5-7-13(14)19-4/h5-8,11H,9-10H2,1-4H3,(H,17,18). The number of ether oxygens (including phenoxy) is 2. The van der Waals surface area contributed by atoms with Crippen molar-refractivity contribution in [2.24, 2.45) is 5.41 Å². The van der Waals surface area contributed by atoms with Crippen LogP contribution in [0.25, 0.3) is 6.08 Å². The molecule has 110 valence electrons.